The minimum absolute atomic E-state index is 0.0277. The molecule has 1 heterocycles. The molecule has 1 aliphatic rings. The van der Waals surface area contributed by atoms with Gasteiger partial charge in [-0.2, -0.15) is 0 Å². The average Bonchev–Trinajstić information content (AvgIpc) is 2.77. The van der Waals surface area contributed by atoms with Crippen LogP contribution in [0.15, 0.2) is 48.5 Å². The Kier molecular flexibility index (Phi) is 7.50. The van der Waals surface area contributed by atoms with Crippen molar-refractivity contribution in [3.63, 3.8) is 0 Å². The zero-order chi connectivity index (χ0) is 21.5. The fourth-order valence-electron chi connectivity index (χ4n) is 3.87. The minimum Gasteiger partial charge on any atom is -0.493 e. The van der Waals surface area contributed by atoms with Crippen molar-refractivity contribution < 1.29 is 19.1 Å². The van der Waals surface area contributed by atoms with E-state index in [0.29, 0.717) is 43.3 Å². The first-order valence-corrected chi connectivity index (χ1v) is 10.6. The fraction of sp³-hybridized carbons (Fsp3) is 0.440. The number of carbonyl (C=O) groups is 2. The quantitative estimate of drug-likeness (QED) is 0.607. The average molecular weight is 410 g/mol. The third kappa shape index (κ3) is 5.62. The number of ether oxygens (including phenoxy) is 2. The maximum atomic E-state index is 12.8. The molecule has 0 bridgehead atoms. The van der Waals surface area contributed by atoms with Crippen molar-refractivity contribution in [2.75, 3.05) is 26.8 Å². The largest absolute Gasteiger partial charge is 0.493 e. The van der Waals surface area contributed by atoms with Crippen LogP contribution in [-0.4, -0.2) is 43.4 Å². The van der Waals surface area contributed by atoms with E-state index < -0.39 is 0 Å². The molecule has 0 aromatic heterocycles. The highest BCUT2D eigenvalue weighted by Crippen LogP contribution is 2.26. The molecule has 0 saturated carbocycles. The molecule has 0 aliphatic carbocycles. The van der Waals surface area contributed by atoms with Crippen molar-refractivity contribution in [2.24, 2.45) is 11.8 Å². The van der Waals surface area contributed by atoms with E-state index in [4.69, 9.17) is 9.47 Å². The summed E-state index contributed by atoms with van der Waals surface area (Å²) < 4.78 is 10.9. The second-order valence-electron chi connectivity index (χ2n) is 8.25. The molecular formula is C25H31NO4. The number of ketones is 1. The molecule has 3 rings (SSSR count). The van der Waals surface area contributed by atoms with E-state index in [1.165, 1.54) is 5.56 Å². The van der Waals surface area contributed by atoms with Gasteiger partial charge in [0, 0.05) is 24.6 Å². The van der Waals surface area contributed by atoms with Gasteiger partial charge in [0.1, 0.15) is 0 Å². The number of Topliss-reactive ketones (excluding diaryl/α,β-unsaturated/α-hetero) is 1. The Bertz CT molecular complexity index is 852. The van der Waals surface area contributed by atoms with Gasteiger partial charge < -0.3 is 14.4 Å². The van der Waals surface area contributed by atoms with Gasteiger partial charge in [0.25, 0.3) is 5.91 Å². The molecule has 1 aliphatic heterocycles. The van der Waals surface area contributed by atoms with Crippen molar-refractivity contribution in [1.82, 2.24) is 4.90 Å². The molecule has 0 spiro atoms. The van der Waals surface area contributed by atoms with E-state index in [1.54, 1.807) is 24.1 Å². The summed E-state index contributed by atoms with van der Waals surface area (Å²) in [6, 6.07) is 15.3. The number of amides is 1. The van der Waals surface area contributed by atoms with Crippen LogP contribution in [-0.2, 0) is 11.2 Å². The highest BCUT2D eigenvalue weighted by molar-refractivity contribution is 5.98. The van der Waals surface area contributed by atoms with Crippen LogP contribution in [0.25, 0.3) is 0 Å². The summed E-state index contributed by atoms with van der Waals surface area (Å²) in [6.45, 7) is 5.51. The van der Waals surface area contributed by atoms with Crippen LogP contribution in [0.4, 0.5) is 0 Å². The molecule has 5 nitrogen and oxygen atoms in total. The molecule has 1 amide bonds. The fourth-order valence-corrected chi connectivity index (χ4v) is 3.87. The van der Waals surface area contributed by atoms with Crippen LogP contribution in [0.2, 0.25) is 0 Å². The van der Waals surface area contributed by atoms with Crippen LogP contribution in [0.5, 0.6) is 11.5 Å². The lowest BCUT2D eigenvalue weighted by atomic mass is 9.88. The summed E-state index contributed by atoms with van der Waals surface area (Å²) in [5.74, 6) is 1.85. The normalized spacial score (nSPS) is 14.6. The highest BCUT2D eigenvalue weighted by Gasteiger charge is 2.28. The zero-order valence-corrected chi connectivity index (χ0v) is 18.1. The zero-order valence-electron chi connectivity index (χ0n) is 18.1. The first-order valence-electron chi connectivity index (χ1n) is 10.6. The molecule has 5 heteroatoms. The lowest BCUT2D eigenvalue weighted by Gasteiger charge is -2.31. The first kappa shape index (κ1) is 21.9. The monoisotopic (exact) mass is 409 g/mol. The molecular weight excluding hydrogens is 378 g/mol. The van der Waals surface area contributed by atoms with E-state index >= 15 is 0 Å². The van der Waals surface area contributed by atoms with Crippen LogP contribution in [0, 0.1) is 11.8 Å². The lowest BCUT2D eigenvalue weighted by Crippen LogP contribution is -2.42. The maximum absolute atomic E-state index is 12.8. The number of likely N-dealkylation sites (tertiary alicyclic amines) is 1. The molecule has 2 aromatic carbocycles. The van der Waals surface area contributed by atoms with Crippen molar-refractivity contribution in [2.45, 2.75) is 33.1 Å². The second-order valence-corrected chi connectivity index (χ2v) is 8.25. The van der Waals surface area contributed by atoms with E-state index in [2.05, 4.69) is 26.0 Å². The van der Waals surface area contributed by atoms with Gasteiger partial charge in [-0.15, -0.1) is 0 Å². The van der Waals surface area contributed by atoms with Crippen LogP contribution in [0.1, 0.15) is 42.6 Å². The summed E-state index contributed by atoms with van der Waals surface area (Å²) in [7, 11) is 1.57. The van der Waals surface area contributed by atoms with Gasteiger partial charge in [-0.25, -0.2) is 0 Å². The predicted octanol–water partition coefficient (Wildman–Crippen LogP) is 4.39. The van der Waals surface area contributed by atoms with Gasteiger partial charge in [-0.05, 0) is 42.9 Å². The van der Waals surface area contributed by atoms with Gasteiger partial charge in [0.2, 0.25) is 0 Å². The smallest absolute Gasteiger partial charge is 0.260 e. The van der Waals surface area contributed by atoms with Gasteiger partial charge in [-0.1, -0.05) is 50.2 Å². The van der Waals surface area contributed by atoms with Gasteiger partial charge in [0.15, 0.2) is 23.9 Å². The Labute approximate surface area is 179 Å². The number of hydrogen-bond acceptors (Lipinski definition) is 4. The van der Waals surface area contributed by atoms with Gasteiger partial charge in [-0.3, -0.25) is 9.59 Å². The number of para-hydroxylation sites is 2. The summed E-state index contributed by atoms with van der Waals surface area (Å²) in [5, 5.41) is 0. The number of rotatable bonds is 8. The number of hydrogen-bond donors (Lipinski definition) is 0. The lowest BCUT2D eigenvalue weighted by molar-refractivity contribution is -0.134. The molecule has 1 saturated heterocycles. The van der Waals surface area contributed by atoms with Crippen molar-refractivity contribution in [3.8, 4) is 11.5 Å². The summed E-state index contributed by atoms with van der Waals surface area (Å²) in [5.41, 5.74) is 2.03. The Morgan fingerprint density at radius 2 is 1.63 bits per heavy atom. The van der Waals surface area contributed by atoms with Gasteiger partial charge >= 0.3 is 0 Å². The highest BCUT2D eigenvalue weighted by atomic mass is 16.5. The van der Waals surface area contributed by atoms with Crippen LogP contribution in [0.3, 0.4) is 0 Å². The Hall–Kier alpha value is -2.82. The number of nitrogens with zero attached hydrogens (tertiary/aromatic N) is 1. The molecule has 0 radical (unpaired) electrons. The van der Waals surface area contributed by atoms with E-state index in [-0.39, 0.29) is 24.2 Å². The molecule has 30 heavy (non-hydrogen) atoms. The van der Waals surface area contributed by atoms with Crippen LogP contribution < -0.4 is 9.47 Å². The molecule has 0 atom stereocenters. The SMILES string of the molecule is COc1ccccc1OCC(=O)N1CCC(C(=O)c2ccc(CC(C)C)cc2)CC1. The number of piperidine rings is 1. The summed E-state index contributed by atoms with van der Waals surface area (Å²) in [6.07, 6.45) is 2.39. The Morgan fingerprint density at radius 1 is 1.00 bits per heavy atom. The Balaban J connectivity index is 1.49. The molecule has 1 fully saturated rings. The molecule has 160 valence electrons. The predicted molar refractivity (Wildman–Crippen MR) is 117 cm³/mol. The second kappa shape index (κ2) is 10.3. The molecule has 2 aromatic rings. The van der Waals surface area contributed by atoms with Crippen molar-refractivity contribution in [1.29, 1.82) is 0 Å². The van der Waals surface area contributed by atoms with E-state index in [0.717, 1.165) is 12.0 Å². The summed E-state index contributed by atoms with van der Waals surface area (Å²) in [4.78, 5) is 27.1. The summed E-state index contributed by atoms with van der Waals surface area (Å²) >= 11 is 0. The topological polar surface area (TPSA) is 55.8 Å². The van der Waals surface area contributed by atoms with Crippen molar-refractivity contribution in [3.05, 3.63) is 59.7 Å². The number of carbonyl (C=O) groups excluding carboxylic acids is 2. The van der Waals surface area contributed by atoms with E-state index in [1.807, 2.05) is 24.3 Å². The van der Waals surface area contributed by atoms with E-state index in [9.17, 15) is 9.59 Å². The third-order valence-corrected chi connectivity index (χ3v) is 5.52. The Morgan fingerprint density at radius 3 is 2.23 bits per heavy atom. The van der Waals surface area contributed by atoms with Crippen molar-refractivity contribution >= 4 is 11.7 Å². The molecule has 0 N–H and O–H groups in total. The molecule has 0 unspecified atom stereocenters. The first-order chi connectivity index (χ1) is 14.5. The maximum Gasteiger partial charge on any atom is 0.260 e. The van der Waals surface area contributed by atoms with Crippen LogP contribution >= 0.6 is 0 Å². The standard InChI is InChI=1S/C25H31NO4/c1-18(2)16-19-8-10-20(11-9-19)25(28)21-12-14-26(15-13-21)24(27)17-30-23-7-5-4-6-22(23)29-3/h4-11,18,21H,12-17H2,1-3H3. The third-order valence-electron chi connectivity index (χ3n) is 5.52. The minimum atomic E-state index is -0.0650. The number of benzene rings is 2. The van der Waals surface area contributed by atoms with Gasteiger partial charge in [0.05, 0.1) is 7.11 Å². The number of methoxy groups -OCH3 is 1.